The number of nitrogens with two attached hydrogens (primary N) is 1. The summed E-state index contributed by atoms with van der Waals surface area (Å²) in [6.45, 7) is 2.63. The smallest absolute Gasteiger partial charge is 0.250 e. The van der Waals surface area contributed by atoms with Gasteiger partial charge in [-0.3, -0.25) is 4.79 Å². The predicted octanol–water partition coefficient (Wildman–Crippen LogP) is 2.16. The highest BCUT2D eigenvalue weighted by Gasteiger charge is 2.17. The van der Waals surface area contributed by atoms with Crippen LogP contribution in [0.15, 0.2) is 53.7 Å². The Morgan fingerprint density at radius 1 is 1.24 bits per heavy atom. The predicted molar refractivity (Wildman–Crippen MR) is 99.0 cm³/mol. The highest BCUT2D eigenvalue weighted by Crippen LogP contribution is 2.29. The highest BCUT2D eigenvalue weighted by atomic mass is 35.5. The van der Waals surface area contributed by atoms with Gasteiger partial charge in [-0.25, -0.2) is 4.68 Å². The summed E-state index contributed by atoms with van der Waals surface area (Å²) in [5, 5.41) is 8.22. The number of halogens is 1. The second-order valence-electron chi connectivity index (χ2n) is 6.32. The Morgan fingerprint density at radius 2 is 2.08 bits per heavy atom. The number of nitrogens with zero attached hydrogens (tertiary/aromatic N) is 3. The molecule has 7 heteroatoms. The van der Waals surface area contributed by atoms with E-state index in [1.54, 1.807) is 33.6 Å². The highest BCUT2D eigenvalue weighted by molar-refractivity contribution is 6.33. The number of nitrogen functional groups attached to an aromatic ring is 1. The van der Waals surface area contributed by atoms with Crippen LogP contribution in [0.4, 0.5) is 5.69 Å². The van der Waals surface area contributed by atoms with Gasteiger partial charge in [0, 0.05) is 60.8 Å². The maximum atomic E-state index is 12.1. The summed E-state index contributed by atoms with van der Waals surface area (Å²) < 4.78 is 3.50. The number of rotatable bonds is 4. The van der Waals surface area contributed by atoms with Crippen molar-refractivity contribution in [2.45, 2.75) is 6.54 Å². The number of hydrogen-bond donors (Lipinski definition) is 2. The summed E-state index contributed by atoms with van der Waals surface area (Å²) in [5.41, 5.74) is 8.98. The van der Waals surface area contributed by atoms with E-state index in [9.17, 15) is 4.79 Å². The number of aromatic nitrogens is 3. The van der Waals surface area contributed by atoms with Crippen LogP contribution in [0.2, 0.25) is 5.02 Å². The zero-order valence-corrected chi connectivity index (χ0v) is 14.3. The van der Waals surface area contributed by atoms with E-state index in [4.69, 9.17) is 17.3 Å². The Morgan fingerprint density at radius 3 is 2.80 bits per heavy atom. The van der Waals surface area contributed by atoms with Gasteiger partial charge in [0.1, 0.15) is 0 Å². The first kappa shape index (κ1) is 15.9. The molecule has 3 N–H and O–H groups in total. The Balaban J connectivity index is 1.65. The van der Waals surface area contributed by atoms with Crippen LogP contribution in [0.5, 0.6) is 0 Å². The van der Waals surface area contributed by atoms with Crippen molar-refractivity contribution in [3.05, 3.63) is 64.3 Å². The van der Waals surface area contributed by atoms with E-state index < -0.39 is 0 Å². The number of pyridine rings is 1. The molecule has 0 amide bonds. The van der Waals surface area contributed by atoms with Crippen LogP contribution in [0.1, 0.15) is 0 Å². The Labute approximate surface area is 149 Å². The van der Waals surface area contributed by atoms with Crippen molar-refractivity contribution in [2.75, 3.05) is 18.8 Å². The van der Waals surface area contributed by atoms with Crippen LogP contribution in [-0.4, -0.2) is 27.4 Å². The summed E-state index contributed by atoms with van der Waals surface area (Å²) >= 11 is 6.28. The average molecular weight is 356 g/mol. The minimum absolute atomic E-state index is 0.00427. The van der Waals surface area contributed by atoms with Gasteiger partial charge in [-0.05, 0) is 18.2 Å². The van der Waals surface area contributed by atoms with Crippen molar-refractivity contribution in [2.24, 2.45) is 5.92 Å². The fraction of sp³-hybridized carbons (Fsp3) is 0.222. The Kier molecular flexibility index (Phi) is 4.07. The van der Waals surface area contributed by atoms with Gasteiger partial charge in [0.05, 0.1) is 16.9 Å². The van der Waals surface area contributed by atoms with Gasteiger partial charge in [-0.15, -0.1) is 0 Å². The monoisotopic (exact) mass is 355 g/mol. The van der Waals surface area contributed by atoms with Gasteiger partial charge in [0.15, 0.2) is 0 Å². The third kappa shape index (κ3) is 3.18. The zero-order chi connectivity index (χ0) is 17.4. The van der Waals surface area contributed by atoms with Crippen molar-refractivity contribution in [3.63, 3.8) is 0 Å². The van der Waals surface area contributed by atoms with Gasteiger partial charge >= 0.3 is 0 Å². The maximum Gasteiger partial charge on any atom is 0.250 e. The molecule has 25 heavy (non-hydrogen) atoms. The van der Waals surface area contributed by atoms with Gasteiger partial charge in [0.25, 0.3) is 5.56 Å². The molecular formula is C18H18ClN5O. The molecular weight excluding hydrogens is 338 g/mol. The van der Waals surface area contributed by atoms with E-state index in [0.29, 0.717) is 16.6 Å². The Hall–Kier alpha value is -2.57. The van der Waals surface area contributed by atoms with E-state index in [-0.39, 0.29) is 5.56 Å². The Bertz CT molecular complexity index is 974. The summed E-state index contributed by atoms with van der Waals surface area (Å²) in [4.78, 5) is 12.1. The summed E-state index contributed by atoms with van der Waals surface area (Å²) in [7, 11) is 0. The standard InChI is InChI=1S/C18H18ClN5O/c19-17-5-14(20)1-3-16(17)13-8-22-24(10-13)15-2-4-18(25)23(11-15)9-12-6-21-7-12/h1-5,8,10-12,21H,6-7,9,20H2. The molecule has 0 aliphatic carbocycles. The molecule has 1 aliphatic heterocycles. The lowest BCUT2D eigenvalue weighted by molar-refractivity contribution is 0.303. The van der Waals surface area contributed by atoms with Gasteiger partial charge in [-0.2, -0.15) is 5.10 Å². The summed E-state index contributed by atoms with van der Waals surface area (Å²) in [6, 6.07) is 8.77. The van der Waals surface area contributed by atoms with Crippen LogP contribution in [0.3, 0.4) is 0 Å². The van der Waals surface area contributed by atoms with Crippen LogP contribution < -0.4 is 16.6 Å². The first-order chi connectivity index (χ1) is 12.1. The van der Waals surface area contributed by atoms with Crippen molar-refractivity contribution in [1.29, 1.82) is 0 Å². The second-order valence-corrected chi connectivity index (χ2v) is 6.72. The van der Waals surface area contributed by atoms with E-state index in [0.717, 1.165) is 36.4 Å². The lowest BCUT2D eigenvalue weighted by Crippen LogP contribution is -2.45. The number of benzene rings is 1. The SMILES string of the molecule is Nc1ccc(-c2cnn(-c3ccc(=O)n(CC4CNC4)c3)c2)c(Cl)c1. The van der Waals surface area contributed by atoms with Crippen LogP contribution in [0, 0.1) is 5.92 Å². The van der Waals surface area contributed by atoms with Gasteiger partial charge < -0.3 is 15.6 Å². The van der Waals surface area contributed by atoms with Crippen LogP contribution in [0.25, 0.3) is 16.8 Å². The second kappa shape index (κ2) is 6.38. The molecule has 3 heterocycles. The molecule has 0 saturated carbocycles. The molecule has 1 saturated heterocycles. The van der Waals surface area contributed by atoms with Crippen molar-refractivity contribution >= 4 is 17.3 Å². The van der Waals surface area contributed by atoms with Crippen molar-refractivity contribution in [3.8, 4) is 16.8 Å². The maximum absolute atomic E-state index is 12.1. The van der Waals surface area contributed by atoms with Crippen LogP contribution >= 0.6 is 11.6 Å². The van der Waals surface area contributed by atoms with Gasteiger partial charge in [0.2, 0.25) is 0 Å². The minimum Gasteiger partial charge on any atom is -0.399 e. The van der Waals surface area contributed by atoms with Gasteiger partial charge in [-0.1, -0.05) is 17.7 Å². The third-order valence-electron chi connectivity index (χ3n) is 4.44. The number of hydrogen-bond acceptors (Lipinski definition) is 4. The molecule has 0 radical (unpaired) electrons. The molecule has 0 bridgehead atoms. The fourth-order valence-corrected chi connectivity index (χ4v) is 3.22. The first-order valence-electron chi connectivity index (χ1n) is 8.12. The molecule has 128 valence electrons. The molecule has 3 aromatic rings. The molecule has 4 rings (SSSR count). The molecule has 0 atom stereocenters. The summed E-state index contributed by atoms with van der Waals surface area (Å²) in [6.07, 6.45) is 5.50. The molecule has 0 spiro atoms. The van der Waals surface area contributed by atoms with Crippen LogP contribution in [-0.2, 0) is 6.54 Å². The first-order valence-corrected chi connectivity index (χ1v) is 8.49. The van der Waals surface area contributed by atoms with E-state index in [1.165, 1.54) is 0 Å². The molecule has 1 fully saturated rings. The molecule has 1 aromatic carbocycles. The largest absolute Gasteiger partial charge is 0.399 e. The van der Waals surface area contributed by atoms with E-state index in [2.05, 4.69) is 10.4 Å². The third-order valence-corrected chi connectivity index (χ3v) is 4.75. The zero-order valence-electron chi connectivity index (χ0n) is 13.5. The minimum atomic E-state index is 0.00427. The molecule has 2 aromatic heterocycles. The lowest BCUT2D eigenvalue weighted by Gasteiger charge is -2.27. The van der Waals surface area contributed by atoms with E-state index in [1.807, 2.05) is 24.5 Å². The van der Waals surface area contributed by atoms with Crippen molar-refractivity contribution < 1.29 is 0 Å². The number of anilines is 1. The molecule has 1 aliphatic rings. The van der Waals surface area contributed by atoms with Crippen molar-refractivity contribution in [1.82, 2.24) is 19.7 Å². The lowest BCUT2D eigenvalue weighted by atomic mass is 10.0. The normalized spacial score (nSPS) is 14.4. The molecule has 6 nitrogen and oxygen atoms in total. The quantitative estimate of drug-likeness (QED) is 0.703. The molecule has 0 unspecified atom stereocenters. The fourth-order valence-electron chi connectivity index (χ4n) is 2.92. The topological polar surface area (TPSA) is 77.9 Å². The van der Waals surface area contributed by atoms with E-state index >= 15 is 0 Å². The average Bonchev–Trinajstić information content (AvgIpc) is 3.02. The summed E-state index contributed by atoms with van der Waals surface area (Å²) in [5.74, 6) is 0.509. The number of nitrogens with one attached hydrogen (secondary N) is 1.